The zero-order valence-electron chi connectivity index (χ0n) is 28.5. The summed E-state index contributed by atoms with van der Waals surface area (Å²) < 4.78 is 13.8. The van der Waals surface area contributed by atoms with Gasteiger partial charge in [0.2, 0.25) is 0 Å². The van der Waals surface area contributed by atoms with Gasteiger partial charge in [0.1, 0.15) is 11.4 Å². The molecule has 2 aliphatic rings. The molecule has 9 heteroatoms. The van der Waals surface area contributed by atoms with Gasteiger partial charge in [-0.1, -0.05) is 60.7 Å². The van der Waals surface area contributed by atoms with E-state index < -0.39 is 5.60 Å². The molecule has 9 nitrogen and oxygen atoms in total. The average molecular weight is 650 g/mol. The molecule has 0 spiro atoms. The first kappa shape index (κ1) is 33.3. The molecular weight excluding hydrogens is 602 g/mol. The summed E-state index contributed by atoms with van der Waals surface area (Å²) >= 11 is 0. The van der Waals surface area contributed by atoms with Gasteiger partial charge >= 0.3 is 6.09 Å². The quantitative estimate of drug-likeness (QED) is 0.205. The Balaban J connectivity index is 1.03. The standard InChI is InChI=1S/C39H47N5O4/c1-27-8-5-6-9-32(27)30-14-12-29(13-15-30)25-44-26-40-23-31(44)24-41-35-18-21-47-36-33(35)10-7-11-34(36)37(45)42-22-28-16-19-43(20-17-28)38(46)48-39(2,3)4/h5-15,23,26,28,35,41H,16-22,24-25H2,1-4H3,(H,42,45). The molecule has 1 saturated heterocycles. The number of aromatic nitrogens is 2. The fourth-order valence-electron chi connectivity index (χ4n) is 6.54. The molecule has 4 aromatic rings. The highest BCUT2D eigenvalue weighted by molar-refractivity contribution is 5.97. The number of hydrogen-bond acceptors (Lipinski definition) is 6. The minimum absolute atomic E-state index is 0.0513. The second-order valence-electron chi connectivity index (χ2n) is 13.9. The minimum atomic E-state index is -0.508. The van der Waals surface area contributed by atoms with Crippen LogP contribution in [0.2, 0.25) is 0 Å². The van der Waals surface area contributed by atoms with E-state index in [9.17, 15) is 9.59 Å². The number of amides is 2. The number of imidazole rings is 1. The van der Waals surface area contributed by atoms with Gasteiger partial charge < -0.3 is 29.6 Å². The molecule has 48 heavy (non-hydrogen) atoms. The van der Waals surface area contributed by atoms with E-state index in [4.69, 9.17) is 9.47 Å². The third-order valence-corrected chi connectivity index (χ3v) is 9.23. The van der Waals surface area contributed by atoms with Crippen LogP contribution >= 0.6 is 0 Å². The molecule has 252 valence electrons. The predicted molar refractivity (Wildman–Crippen MR) is 187 cm³/mol. The van der Waals surface area contributed by atoms with Crippen molar-refractivity contribution in [1.82, 2.24) is 25.1 Å². The van der Waals surface area contributed by atoms with E-state index in [0.717, 1.165) is 37.1 Å². The third-order valence-electron chi connectivity index (χ3n) is 9.23. The van der Waals surface area contributed by atoms with Crippen LogP contribution in [0.25, 0.3) is 11.1 Å². The largest absolute Gasteiger partial charge is 0.492 e. The fraction of sp³-hybridized carbons (Fsp3) is 0.410. The Morgan fingerprint density at radius 2 is 1.75 bits per heavy atom. The second-order valence-corrected chi connectivity index (χ2v) is 13.9. The number of hydrogen-bond donors (Lipinski definition) is 2. The van der Waals surface area contributed by atoms with E-state index >= 15 is 0 Å². The molecule has 2 aliphatic heterocycles. The predicted octanol–water partition coefficient (Wildman–Crippen LogP) is 6.90. The number of carbonyl (C=O) groups excluding carboxylic acids is 2. The summed E-state index contributed by atoms with van der Waals surface area (Å²) in [5.74, 6) is 0.827. The lowest BCUT2D eigenvalue weighted by atomic mass is 9.95. The average Bonchev–Trinajstić information content (AvgIpc) is 3.52. The number of piperidine rings is 1. The lowest BCUT2D eigenvalue weighted by Gasteiger charge is -2.33. The maximum absolute atomic E-state index is 13.4. The van der Waals surface area contributed by atoms with Crippen LogP contribution in [-0.4, -0.2) is 58.3 Å². The number of nitrogens with one attached hydrogen (secondary N) is 2. The molecule has 2 amide bonds. The summed E-state index contributed by atoms with van der Waals surface area (Å²) in [6.45, 7) is 11.5. The summed E-state index contributed by atoms with van der Waals surface area (Å²) in [5.41, 5.74) is 7.10. The molecule has 2 N–H and O–H groups in total. The van der Waals surface area contributed by atoms with Gasteiger partial charge in [-0.25, -0.2) is 9.78 Å². The van der Waals surface area contributed by atoms with E-state index in [1.807, 2.05) is 51.5 Å². The SMILES string of the molecule is Cc1ccccc1-c1ccc(Cn2cncc2CNC2CCOc3c(C(=O)NCC4CCN(C(=O)OC(C)(C)C)CC4)cccc32)cc1. The van der Waals surface area contributed by atoms with Crippen LogP contribution in [0.1, 0.15) is 78.8 Å². The van der Waals surface area contributed by atoms with Crippen molar-refractivity contribution in [3.8, 4) is 16.9 Å². The van der Waals surface area contributed by atoms with Crippen molar-refractivity contribution in [2.75, 3.05) is 26.2 Å². The smallest absolute Gasteiger partial charge is 0.410 e. The Hall–Kier alpha value is -4.63. The van der Waals surface area contributed by atoms with Gasteiger partial charge in [0, 0.05) is 56.9 Å². The number of benzene rings is 3. The number of aryl methyl sites for hydroxylation is 1. The van der Waals surface area contributed by atoms with Crippen molar-refractivity contribution in [1.29, 1.82) is 0 Å². The summed E-state index contributed by atoms with van der Waals surface area (Å²) in [7, 11) is 0. The molecular formula is C39H47N5O4. The second kappa shape index (κ2) is 14.6. The lowest BCUT2D eigenvalue weighted by Crippen LogP contribution is -2.43. The molecule has 1 fully saturated rings. The van der Waals surface area contributed by atoms with E-state index in [2.05, 4.69) is 75.6 Å². The van der Waals surface area contributed by atoms with Gasteiger partial charge in [0.25, 0.3) is 5.91 Å². The molecule has 1 unspecified atom stereocenters. The van der Waals surface area contributed by atoms with E-state index in [-0.39, 0.29) is 18.0 Å². The van der Waals surface area contributed by atoms with Crippen LogP contribution in [0.3, 0.4) is 0 Å². The summed E-state index contributed by atoms with van der Waals surface area (Å²) in [6, 6.07) is 23.1. The fourth-order valence-corrected chi connectivity index (χ4v) is 6.54. The monoisotopic (exact) mass is 649 g/mol. The van der Waals surface area contributed by atoms with Crippen molar-refractivity contribution < 1.29 is 19.1 Å². The first-order valence-electron chi connectivity index (χ1n) is 17.0. The topological polar surface area (TPSA) is 97.7 Å². The van der Waals surface area contributed by atoms with Crippen LogP contribution < -0.4 is 15.4 Å². The molecule has 1 atom stereocenters. The normalized spacial score (nSPS) is 16.6. The van der Waals surface area contributed by atoms with Crippen LogP contribution in [0, 0.1) is 12.8 Å². The zero-order valence-corrected chi connectivity index (χ0v) is 28.5. The number of fused-ring (bicyclic) bond motifs is 1. The molecule has 0 radical (unpaired) electrons. The zero-order chi connectivity index (χ0) is 33.7. The van der Waals surface area contributed by atoms with Gasteiger partial charge in [0.15, 0.2) is 0 Å². The minimum Gasteiger partial charge on any atom is -0.492 e. The van der Waals surface area contributed by atoms with Gasteiger partial charge in [-0.05, 0) is 74.8 Å². The Morgan fingerprint density at radius 3 is 2.50 bits per heavy atom. The van der Waals surface area contributed by atoms with Crippen molar-refractivity contribution in [3.63, 3.8) is 0 Å². The Kier molecular flexibility index (Phi) is 10.2. The number of nitrogens with zero attached hydrogens (tertiary/aromatic N) is 3. The van der Waals surface area contributed by atoms with Gasteiger partial charge in [0.05, 0.1) is 24.2 Å². The molecule has 0 saturated carbocycles. The summed E-state index contributed by atoms with van der Waals surface area (Å²) in [5, 5.41) is 6.84. The van der Waals surface area contributed by atoms with Gasteiger partial charge in [-0.15, -0.1) is 0 Å². The number of likely N-dealkylation sites (tertiary alicyclic amines) is 1. The third kappa shape index (κ3) is 8.08. The van der Waals surface area contributed by atoms with Crippen molar-refractivity contribution in [2.45, 2.75) is 71.7 Å². The van der Waals surface area contributed by atoms with Gasteiger partial charge in [-0.2, -0.15) is 0 Å². The first-order valence-corrected chi connectivity index (χ1v) is 17.0. The molecule has 3 aromatic carbocycles. The lowest BCUT2D eigenvalue weighted by molar-refractivity contribution is 0.0183. The Labute approximate surface area is 283 Å². The molecule has 6 rings (SSSR count). The van der Waals surface area contributed by atoms with Crippen LogP contribution in [0.15, 0.2) is 79.3 Å². The number of para-hydroxylation sites is 1. The van der Waals surface area contributed by atoms with Crippen LogP contribution in [-0.2, 0) is 17.8 Å². The molecule has 0 aliphatic carbocycles. The first-order chi connectivity index (χ1) is 23.1. The number of ether oxygens (including phenoxy) is 2. The van der Waals surface area contributed by atoms with E-state index in [1.54, 1.807) is 4.90 Å². The number of rotatable bonds is 9. The Bertz CT molecular complexity index is 1720. The van der Waals surface area contributed by atoms with Crippen LogP contribution in [0.4, 0.5) is 4.79 Å². The molecule has 1 aromatic heterocycles. The molecule has 3 heterocycles. The van der Waals surface area contributed by atoms with Crippen LogP contribution in [0.5, 0.6) is 5.75 Å². The van der Waals surface area contributed by atoms with Crippen molar-refractivity contribution in [2.24, 2.45) is 5.92 Å². The maximum Gasteiger partial charge on any atom is 0.410 e. The Morgan fingerprint density at radius 1 is 0.979 bits per heavy atom. The van der Waals surface area contributed by atoms with E-state index in [0.29, 0.717) is 50.0 Å². The number of carbonyl (C=O) groups is 2. The summed E-state index contributed by atoms with van der Waals surface area (Å²) in [4.78, 5) is 32.0. The highest BCUT2D eigenvalue weighted by Gasteiger charge is 2.29. The highest BCUT2D eigenvalue weighted by atomic mass is 16.6. The maximum atomic E-state index is 13.4. The van der Waals surface area contributed by atoms with Crippen molar-refractivity contribution in [3.05, 3.63) is 107 Å². The van der Waals surface area contributed by atoms with Crippen molar-refractivity contribution >= 4 is 12.0 Å². The van der Waals surface area contributed by atoms with E-state index in [1.165, 1.54) is 22.3 Å². The summed E-state index contributed by atoms with van der Waals surface area (Å²) in [6.07, 6.45) is 5.98. The highest BCUT2D eigenvalue weighted by Crippen LogP contribution is 2.35. The van der Waals surface area contributed by atoms with Gasteiger partial charge in [-0.3, -0.25) is 4.79 Å². The molecule has 0 bridgehead atoms.